The molecule has 0 aromatic heterocycles. The molecule has 1 rings (SSSR count). The van der Waals surface area contributed by atoms with E-state index in [1.807, 2.05) is 0 Å². The first-order valence-corrected chi connectivity index (χ1v) is 5.29. The van der Waals surface area contributed by atoms with Gasteiger partial charge >= 0.3 is 13.5 Å². The third-order valence-corrected chi connectivity index (χ3v) is 2.01. The van der Waals surface area contributed by atoms with Gasteiger partial charge in [-0.2, -0.15) is 13.2 Å². The summed E-state index contributed by atoms with van der Waals surface area (Å²) in [6.07, 6.45) is -4.54. The van der Waals surface area contributed by atoms with Crippen molar-refractivity contribution in [2.75, 3.05) is 13.4 Å². The van der Waals surface area contributed by atoms with Crippen LogP contribution in [0.5, 0.6) is 11.5 Å². The highest BCUT2D eigenvalue weighted by Crippen LogP contribution is 2.36. The minimum Gasteiger partial charge on any atom is -0.509 e. The molecular weight excluding hydrogens is 268 g/mol. The molecule has 0 unspecified atom stereocenters. The number of hydrogen-bond donors (Lipinski definition) is 2. The van der Waals surface area contributed by atoms with Crippen molar-refractivity contribution in [1.82, 2.24) is 0 Å². The summed E-state index contributed by atoms with van der Waals surface area (Å²) in [6, 6.07) is 2.37. The molecule has 0 bridgehead atoms. The quantitative estimate of drug-likeness (QED) is 0.468. The maximum Gasteiger partial charge on any atom is 0.707 e. The first kappa shape index (κ1) is 15.6. The normalized spacial score (nSPS) is 11.3. The van der Waals surface area contributed by atoms with E-state index < -0.39 is 19.1 Å². The van der Waals surface area contributed by atoms with Crippen molar-refractivity contribution in [3.63, 3.8) is 0 Å². The van der Waals surface area contributed by atoms with Crippen LogP contribution in [-0.2, 0) is 10.9 Å². The van der Waals surface area contributed by atoms with Crippen LogP contribution in [0, 0.1) is 0 Å². The molecule has 0 heterocycles. The van der Waals surface area contributed by atoms with Crippen LogP contribution in [-0.4, -0.2) is 30.8 Å². The summed E-state index contributed by atoms with van der Waals surface area (Å²) in [5, 5.41) is 17.3. The Labute approximate surface area is 107 Å². The Kier molecular flexibility index (Phi) is 5.46. The van der Waals surface area contributed by atoms with Crippen LogP contribution < -0.4 is 9.39 Å². The lowest BCUT2D eigenvalue weighted by Gasteiger charge is -2.15. The van der Waals surface area contributed by atoms with Crippen molar-refractivity contribution in [2.45, 2.75) is 13.1 Å². The number of rotatable bonds is 6. The molecule has 0 saturated heterocycles. The van der Waals surface area contributed by atoms with Gasteiger partial charge in [0.1, 0.15) is 5.75 Å². The average molecular weight is 280 g/mol. The van der Waals surface area contributed by atoms with Gasteiger partial charge in [-0.05, 0) is 25.1 Å². The molecule has 0 saturated carbocycles. The fraction of sp³-hybridized carbons (Fsp3) is 0.400. The minimum atomic E-state index is -4.54. The van der Waals surface area contributed by atoms with Crippen LogP contribution in [0.4, 0.5) is 13.2 Å². The lowest BCUT2D eigenvalue weighted by atomic mass is 10.1. The Hall–Kier alpha value is -1.45. The number of benzene rings is 1. The van der Waals surface area contributed by atoms with Crippen LogP contribution in [0.1, 0.15) is 12.5 Å². The van der Waals surface area contributed by atoms with Crippen LogP contribution in [0.3, 0.4) is 0 Å². The summed E-state index contributed by atoms with van der Waals surface area (Å²) in [6.45, 7) is 1.72. The van der Waals surface area contributed by atoms with E-state index in [-0.39, 0.29) is 18.3 Å². The van der Waals surface area contributed by atoms with E-state index in [1.165, 1.54) is 0 Å². The largest absolute Gasteiger partial charge is 0.707 e. The molecule has 1 aromatic carbocycles. The van der Waals surface area contributed by atoms with Gasteiger partial charge in [-0.1, -0.05) is 0 Å². The van der Waals surface area contributed by atoms with E-state index in [9.17, 15) is 13.2 Å². The maximum atomic E-state index is 12.5. The summed E-state index contributed by atoms with van der Waals surface area (Å²) in [7, 11) is -2.16. The molecule has 0 atom stereocenters. The molecular formula is C10H12BF3O5. The highest BCUT2D eigenvalue weighted by molar-refractivity contribution is 6.33. The van der Waals surface area contributed by atoms with Crippen LogP contribution in [0.25, 0.3) is 0 Å². The highest BCUT2D eigenvalue weighted by Gasteiger charge is 2.32. The zero-order chi connectivity index (χ0) is 14.5. The van der Waals surface area contributed by atoms with Crippen molar-refractivity contribution in [3.05, 3.63) is 23.8 Å². The van der Waals surface area contributed by atoms with Gasteiger partial charge in [-0.25, -0.2) is 0 Å². The highest BCUT2D eigenvalue weighted by atomic mass is 19.4. The Morgan fingerprint density at radius 2 is 1.89 bits per heavy atom. The molecule has 106 valence electrons. The SMILES string of the molecule is CCOCOc1cc(C(F)(F)F)ccc1OB(O)O. The Morgan fingerprint density at radius 1 is 1.21 bits per heavy atom. The first-order chi connectivity index (χ1) is 8.84. The van der Waals surface area contributed by atoms with E-state index in [2.05, 4.69) is 4.65 Å². The molecule has 0 fully saturated rings. The zero-order valence-corrected chi connectivity index (χ0v) is 9.98. The zero-order valence-electron chi connectivity index (χ0n) is 9.98. The van der Waals surface area contributed by atoms with Crippen LogP contribution in [0.15, 0.2) is 18.2 Å². The van der Waals surface area contributed by atoms with Gasteiger partial charge in [0.25, 0.3) is 0 Å². The molecule has 0 spiro atoms. The molecule has 19 heavy (non-hydrogen) atoms. The summed E-state index contributed by atoms with van der Waals surface area (Å²) < 4.78 is 51.9. The average Bonchev–Trinajstić information content (AvgIpc) is 2.29. The fourth-order valence-corrected chi connectivity index (χ4v) is 1.20. The second-order valence-corrected chi connectivity index (χ2v) is 3.36. The predicted molar refractivity (Wildman–Crippen MR) is 59.4 cm³/mol. The summed E-state index contributed by atoms with van der Waals surface area (Å²) in [5.41, 5.74) is -0.946. The lowest BCUT2D eigenvalue weighted by molar-refractivity contribution is -0.137. The molecule has 2 N–H and O–H groups in total. The number of hydrogen-bond acceptors (Lipinski definition) is 5. The smallest absolute Gasteiger partial charge is 0.509 e. The topological polar surface area (TPSA) is 68.2 Å². The first-order valence-electron chi connectivity index (χ1n) is 5.29. The fourth-order valence-electron chi connectivity index (χ4n) is 1.20. The van der Waals surface area contributed by atoms with Gasteiger partial charge in [0.05, 0.1) is 5.56 Å². The van der Waals surface area contributed by atoms with Gasteiger partial charge in [0.2, 0.25) is 0 Å². The Balaban J connectivity index is 2.97. The summed E-state index contributed by atoms with van der Waals surface area (Å²) in [4.78, 5) is 0. The second kappa shape index (κ2) is 6.64. The van der Waals surface area contributed by atoms with Crippen molar-refractivity contribution in [1.29, 1.82) is 0 Å². The third-order valence-electron chi connectivity index (χ3n) is 2.01. The van der Waals surface area contributed by atoms with E-state index in [0.29, 0.717) is 12.7 Å². The van der Waals surface area contributed by atoms with Crippen molar-refractivity contribution in [2.24, 2.45) is 0 Å². The van der Waals surface area contributed by atoms with E-state index in [1.54, 1.807) is 6.92 Å². The maximum absolute atomic E-state index is 12.5. The lowest BCUT2D eigenvalue weighted by Crippen LogP contribution is -2.21. The van der Waals surface area contributed by atoms with E-state index >= 15 is 0 Å². The van der Waals surface area contributed by atoms with E-state index in [4.69, 9.17) is 19.5 Å². The second-order valence-electron chi connectivity index (χ2n) is 3.36. The van der Waals surface area contributed by atoms with Gasteiger partial charge in [-0.3, -0.25) is 0 Å². The number of halogens is 3. The molecule has 0 aliphatic rings. The molecule has 0 aliphatic carbocycles. The van der Waals surface area contributed by atoms with Gasteiger partial charge in [-0.15, -0.1) is 0 Å². The molecule has 9 heteroatoms. The molecule has 0 aliphatic heterocycles. The number of alkyl halides is 3. The summed E-state index contributed by atoms with van der Waals surface area (Å²) in [5.74, 6) is -0.529. The van der Waals surface area contributed by atoms with E-state index in [0.717, 1.165) is 12.1 Å². The number of ether oxygens (including phenoxy) is 2. The van der Waals surface area contributed by atoms with Gasteiger partial charge < -0.3 is 24.2 Å². The summed E-state index contributed by atoms with van der Waals surface area (Å²) >= 11 is 0. The van der Waals surface area contributed by atoms with Crippen molar-refractivity contribution in [3.8, 4) is 11.5 Å². The third kappa shape index (κ3) is 4.97. The molecule has 0 amide bonds. The van der Waals surface area contributed by atoms with Crippen molar-refractivity contribution < 1.29 is 37.3 Å². The van der Waals surface area contributed by atoms with Crippen molar-refractivity contribution >= 4 is 7.32 Å². The van der Waals surface area contributed by atoms with Crippen LogP contribution in [0.2, 0.25) is 0 Å². The minimum absolute atomic E-state index is 0.234. The van der Waals surface area contributed by atoms with Crippen LogP contribution >= 0.6 is 0 Å². The monoisotopic (exact) mass is 280 g/mol. The van der Waals surface area contributed by atoms with Gasteiger partial charge in [0, 0.05) is 6.61 Å². The Morgan fingerprint density at radius 3 is 2.42 bits per heavy atom. The predicted octanol–water partition coefficient (Wildman–Crippen LogP) is 1.43. The molecule has 5 nitrogen and oxygen atoms in total. The van der Waals surface area contributed by atoms with Gasteiger partial charge in [0.15, 0.2) is 12.5 Å². The Bertz CT molecular complexity index is 411. The molecule has 1 aromatic rings. The molecule has 0 radical (unpaired) electrons. The standard InChI is InChI=1S/C10H12BF3O5/c1-2-17-6-18-9-5-7(10(12,13)14)3-4-8(9)19-11(15)16/h3-5,15-16H,2,6H2,1H3.